The SMILES string of the molecule is CC(C)(C)[Si](OCCc1ccco1)(c1ccccc1)c1ccccc1. The van der Waals surface area contributed by atoms with Gasteiger partial charge in [-0.15, -0.1) is 0 Å². The second-order valence-electron chi connectivity index (χ2n) is 7.34. The summed E-state index contributed by atoms with van der Waals surface area (Å²) in [5, 5.41) is 2.64. The minimum absolute atomic E-state index is 0.0128. The molecule has 1 aromatic heterocycles. The minimum Gasteiger partial charge on any atom is -0.469 e. The van der Waals surface area contributed by atoms with Crippen molar-refractivity contribution in [2.75, 3.05) is 6.61 Å². The normalized spacial score (nSPS) is 12.3. The van der Waals surface area contributed by atoms with Crippen LogP contribution in [0.5, 0.6) is 0 Å². The highest BCUT2D eigenvalue weighted by atomic mass is 28.4. The Morgan fingerprint density at radius 2 is 1.36 bits per heavy atom. The van der Waals surface area contributed by atoms with Gasteiger partial charge < -0.3 is 8.84 Å². The van der Waals surface area contributed by atoms with Crippen LogP contribution < -0.4 is 10.4 Å². The third-order valence-corrected chi connectivity index (χ3v) is 9.71. The van der Waals surface area contributed by atoms with Crippen molar-refractivity contribution in [3.63, 3.8) is 0 Å². The third kappa shape index (κ3) is 3.63. The van der Waals surface area contributed by atoms with E-state index in [2.05, 4.69) is 81.4 Å². The lowest BCUT2D eigenvalue weighted by Crippen LogP contribution is -2.66. The summed E-state index contributed by atoms with van der Waals surface area (Å²) in [6.45, 7) is 7.55. The van der Waals surface area contributed by atoms with Gasteiger partial charge in [-0.2, -0.15) is 0 Å². The number of rotatable bonds is 6. The molecule has 130 valence electrons. The molecule has 0 aliphatic heterocycles. The van der Waals surface area contributed by atoms with Crippen molar-refractivity contribution in [2.45, 2.75) is 32.2 Å². The smallest absolute Gasteiger partial charge is 0.261 e. The van der Waals surface area contributed by atoms with E-state index in [1.165, 1.54) is 10.4 Å². The van der Waals surface area contributed by atoms with Crippen LogP contribution >= 0.6 is 0 Å². The third-order valence-electron chi connectivity index (χ3n) is 4.66. The highest BCUT2D eigenvalue weighted by Crippen LogP contribution is 2.36. The zero-order valence-electron chi connectivity index (χ0n) is 15.2. The molecule has 0 atom stereocenters. The van der Waals surface area contributed by atoms with Crippen LogP contribution in [0.2, 0.25) is 5.04 Å². The van der Waals surface area contributed by atoms with Crippen LogP contribution in [0.25, 0.3) is 0 Å². The first-order valence-corrected chi connectivity index (χ1v) is 10.7. The van der Waals surface area contributed by atoms with Crippen LogP contribution in [0.15, 0.2) is 83.5 Å². The summed E-state index contributed by atoms with van der Waals surface area (Å²) in [4.78, 5) is 0. The standard InChI is InChI=1S/C22H26O2Si/c1-22(2,3)25(20-12-6-4-7-13-20,21-14-8-5-9-15-21)24-18-16-19-11-10-17-23-19/h4-15,17H,16,18H2,1-3H3. The molecule has 0 saturated heterocycles. The highest BCUT2D eigenvalue weighted by molar-refractivity contribution is 6.99. The molecule has 0 bridgehead atoms. The van der Waals surface area contributed by atoms with Crippen LogP contribution in [0.4, 0.5) is 0 Å². The number of hydrogen-bond acceptors (Lipinski definition) is 2. The van der Waals surface area contributed by atoms with Crippen molar-refractivity contribution >= 4 is 18.7 Å². The Bertz CT molecular complexity index is 719. The van der Waals surface area contributed by atoms with E-state index in [4.69, 9.17) is 8.84 Å². The van der Waals surface area contributed by atoms with Crippen molar-refractivity contribution in [1.82, 2.24) is 0 Å². The van der Waals surface area contributed by atoms with Crippen LogP contribution in [-0.4, -0.2) is 14.9 Å². The van der Waals surface area contributed by atoms with Gasteiger partial charge in [-0.05, 0) is 27.5 Å². The largest absolute Gasteiger partial charge is 0.469 e. The van der Waals surface area contributed by atoms with Crippen LogP contribution in [0.3, 0.4) is 0 Å². The number of furan rings is 1. The highest BCUT2D eigenvalue weighted by Gasteiger charge is 2.49. The summed E-state index contributed by atoms with van der Waals surface area (Å²) in [6, 6.07) is 25.4. The quantitative estimate of drug-likeness (QED) is 0.615. The number of benzene rings is 2. The second-order valence-corrected chi connectivity index (χ2v) is 11.6. The van der Waals surface area contributed by atoms with Gasteiger partial charge in [0.05, 0.1) is 6.26 Å². The van der Waals surface area contributed by atoms with Gasteiger partial charge in [-0.3, -0.25) is 0 Å². The monoisotopic (exact) mass is 350 g/mol. The predicted molar refractivity (Wildman–Crippen MR) is 106 cm³/mol. The molecule has 25 heavy (non-hydrogen) atoms. The molecule has 3 heteroatoms. The molecule has 0 spiro atoms. The second kappa shape index (κ2) is 7.42. The first kappa shape index (κ1) is 17.7. The van der Waals surface area contributed by atoms with E-state index in [-0.39, 0.29) is 5.04 Å². The van der Waals surface area contributed by atoms with Gasteiger partial charge in [0.2, 0.25) is 0 Å². The topological polar surface area (TPSA) is 22.4 Å². The average Bonchev–Trinajstić information content (AvgIpc) is 3.13. The predicted octanol–water partition coefficient (Wildman–Crippen LogP) is 4.40. The van der Waals surface area contributed by atoms with Crippen molar-refractivity contribution in [3.8, 4) is 0 Å². The van der Waals surface area contributed by atoms with Gasteiger partial charge in [-0.1, -0.05) is 81.4 Å². The Morgan fingerprint density at radius 1 is 0.800 bits per heavy atom. The first-order valence-electron chi connectivity index (χ1n) is 8.81. The zero-order valence-corrected chi connectivity index (χ0v) is 16.2. The molecule has 0 amide bonds. The van der Waals surface area contributed by atoms with Crippen LogP contribution in [-0.2, 0) is 10.8 Å². The van der Waals surface area contributed by atoms with E-state index in [9.17, 15) is 0 Å². The molecule has 0 N–H and O–H groups in total. The maximum Gasteiger partial charge on any atom is 0.261 e. The van der Waals surface area contributed by atoms with Crippen molar-refractivity contribution in [1.29, 1.82) is 0 Å². The zero-order chi connectivity index (χ0) is 17.8. The summed E-state index contributed by atoms with van der Waals surface area (Å²) in [5.41, 5.74) is 0. The Morgan fingerprint density at radius 3 is 1.80 bits per heavy atom. The number of hydrogen-bond donors (Lipinski definition) is 0. The molecule has 3 rings (SSSR count). The van der Waals surface area contributed by atoms with Crippen molar-refractivity contribution in [3.05, 3.63) is 84.8 Å². The Kier molecular flexibility index (Phi) is 5.26. The maximum absolute atomic E-state index is 6.82. The lowest BCUT2D eigenvalue weighted by molar-refractivity contribution is 0.291. The fourth-order valence-electron chi connectivity index (χ4n) is 3.52. The molecule has 3 aromatic rings. The lowest BCUT2D eigenvalue weighted by atomic mass is 10.2. The molecule has 0 radical (unpaired) electrons. The van der Waals surface area contributed by atoms with E-state index in [0.717, 1.165) is 12.2 Å². The molecule has 0 fully saturated rings. The minimum atomic E-state index is -2.42. The molecular formula is C22H26O2Si. The van der Waals surface area contributed by atoms with E-state index in [1.54, 1.807) is 6.26 Å². The summed E-state index contributed by atoms with van der Waals surface area (Å²) >= 11 is 0. The molecule has 2 nitrogen and oxygen atoms in total. The van der Waals surface area contributed by atoms with Crippen molar-refractivity contribution in [2.24, 2.45) is 0 Å². The maximum atomic E-state index is 6.82. The molecule has 0 unspecified atom stereocenters. The Balaban J connectivity index is 2.02. The van der Waals surface area contributed by atoms with Crippen molar-refractivity contribution < 1.29 is 8.84 Å². The summed E-state index contributed by atoms with van der Waals surface area (Å²) < 4.78 is 12.3. The fourth-order valence-corrected chi connectivity index (χ4v) is 8.08. The average molecular weight is 351 g/mol. The summed E-state index contributed by atoms with van der Waals surface area (Å²) in [7, 11) is -2.42. The van der Waals surface area contributed by atoms with E-state index >= 15 is 0 Å². The van der Waals surface area contributed by atoms with Gasteiger partial charge in [0.15, 0.2) is 0 Å². The molecule has 0 saturated carbocycles. The molecule has 0 aliphatic rings. The summed E-state index contributed by atoms with van der Waals surface area (Å²) in [5.74, 6) is 0.970. The molecular weight excluding hydrogens is 324 g/mol. The van der Waals surface area contributed by atoms with Gasteiger partial charge in [0.25, 0.3) is 8.32 Å². The Labute approximate surface area is 151 Å². The van der Waals surface area contributed by atoms with E-state index in [1.807, 2.05) is 12.1 Å². The molecule has 0 aliphatic carbocycles. The Hall–Kier alpha value is -2.10. The van der Waals surface area contributed by atoms with Gasteiger partial charge in [-0.25, -0.2) is 0 Å². The van der Waals surface area contributed by atoms with Gasteiger partial charge in [0.1, 0.15) is 5.76 Å². The first-order chi connectivity index (χ1) is 12.0. The van der Waals surface area contributed by atoms with Gasteiger partial charge >= 0.3 is 0 Å². The molecule has 1 heterocycles. The van der Waals surface area contributed by atoms with Gasteiger partial charge in [0, 0.05) is 13.0 Å². The fraction of sp³-hybridized carbons (Fsp3) is 0.273. The van der Waals surface area contributed by atoms with E-state index in [0.29, 0.717) is 6.61 Å². The summed E-state index contributed by atoms with van der Waals surface area (Å²) in [6.07, 6.45) is 2.51. The van der Waals surface area contributed by atoms with E-state index < -0.39 is 8.32 Å². The van der Waals surface area contributed by atoms with Crippen LogP contribution in [0, 0.1) is 0 Å². The lowest BCUT2D eigenvalue weighted by Gasteiger charge is -2.43. The molecule has 2 aromatic carbocycles. The van der Waals surface area contributed by atoms with Crippen LogP contribution in [0.1, 0.15) is 26.5 Å².